The number of amides is 2. The van der Waals surface area contributed by atoms with Crippen LogP contribution >= 0.6 is 0 Å². The SMILES string of the molecule is CC#CC(=O)N[C@@H](C)c1nc(-c2ccc(C(=O)Nc3cc(C(F)(F)F)ccn3)cc2)c2c(C)nccn12. The number of aryl methyl sites for hydroxylation is 1. The van der Waals surface area contributed by atoms with E-state index in [1.54, 1.807) is 38.4 Å². The minimum absolute atomic E-state index is 0.209. The number of nitrogens with zero attached hydrogens (tertiary/aromatic N) is 4. The third-order valence-electron chi connectivity index (χ3n) is 5.49. The van der Waals surface area contributed by atoms with Gasteiger partial charge in [-0.15, -0.1) is 0 Å². The van der Waals surface area contributed by atoms with E-state index in [1.807, 2.05) is 11.3 Å². The van der Waals surface area contributed by atoms with Crippen LogP contribution in [0.1, 0.15) is 47.3 Å². The van der Waals surface area contributed by atoms with Crippen molar-refractivity contribution in [3.8, 4) is 23.1 Å². The number of carbonyl (C=O) groups excluding carboxylic acids is 2. The minimum atomic E-state index is -4.55. The Morgan fingerprint density at radius 2 is 1.81 bits per heavy atom. The first-order valence-electron chi connectivity index (χ1n) is 11.1. The van der Waals surface area contributed by atoms with Gasteiger partial charge in [-0.3, -0.25) is 19.0 Å². The van der Waals surface area contributed by atoms with E-state index in [9.17, 15) is 22.8 Å². The Morgan fingerprint density at radius 1 is 1.08 bits per heavy atom. The topological polar surface area (TPSA) is 101 Å². The number of hydrogen-bond acceptors (Lipinski definition) is 5. The average molecular weight is 506 g/mol. The number of halogens is 3. The summed E-state index contributed by atoms with van der Waals surface area (Å²) < 4.78 is 40.7. The number of pyridine rings is 1. The number of fused-ring (bicyclic) bond motifs is 1. The molecule has 1 aromatic carbocycles. The van der Waals surface area contributed by atoms with Crippen LogP contribution in [0.5, 0.6) is 0 Å². The molecule has 0 bridgehead atoms. The van der Waals surface area contributed by atoms with Crippen LogP contribution in [0, 0.1) is 18.8 Å². The molecule has 0 saturated heterocycles. The molecule has 2 amide bonds. The second-order valence-electron chi connectivity index (χ2n) is 8.08. The van der Waals surface area contributed by atoms with E-state index in [4.69, 9.17) is 4.98 Å². The fraction of sp³-hybridized carbons (Fsp3) is 0.192. The van der Waals surface area contributed by atoms with Gasteiger partial charge in [-0.2, -0.15) is 13.2 Å². The molecular weight excluding hydrogens is 485 g/mol. The maximum absolute atomic E-state index is 12.9. The lowest BCUT2D eigenvalue weighted by molar-refractivity contribution is -0.137. The molecule has 188 valence electrons. The molecule has 0 fully saturated rings. The molecule has 3 heterocycles. The van der Waals surface area contributed by atoms with Gasteiger partial charge < -0.3 is 10.6 Å². The zero-order valence-corrected chi connectivity index (χ0v) is 20.0. The molecule has 0 aliphatic carbocycles. The van der Waals surface area contributed by atoms with E-state index in [2.05, 4.69) is 32.4 Å². The highest BCUT2D eigenvalue weighted by atomic mass is 19.4. The molecule has 0 spiro atoms. The number of rotatable bonds is 5. The van der Waals surface area contributed by atoms with Crippen molar-refractivity contribution < 1.29 is 22.8 Å². The Labute approximate surface area is 210 Å². The van der Waals surface area contributed by atoms with E-state index in [1.165, 1.54) is 12.1 Å². The number of imidazole rings is 1. The normalized spacial score (nSPS) is 11.9. The third-order valence-corrected chi connectivity index (χ3v) is 5.49. The Morgan fingerprint density at radius 3 is 2.49 bits per heavy atom. The van der Waals surface area contributed by atoms with Crippen molar-refractivity contribution in [3.05, 3.63) is 77.6 Å². The van der Waals surface area contributed by atoms with Crippen molar-refractivity contribution in [2.75, 3.05) is 5.32 Å². The summed E-state index contributed by atoms with van der Waals surface area (Å²) >= 11 is 0. The van der Waals surface area contributed by atoms with E-state index < -0.39 is 29.6 Å². The number of nitrogens with one attached hydrogen (secondary N) is 2. The minimum Gasteiger partial charge on any atom is -0.336 e. The summed E-state index contributed by atoms with van der Waals surface area (Å²) in [4.78, 5) is 37.5. The lowest BCUT2D eigenvalue weighted by atomic mass is 10.1. The molecule has 0 aliphatic rings. The monoisotopic (exact) mass is 506 g/mol. The second kappa shape index (κ2) is 10.1. The molecule has 0 unspecified atom stereocenters. The van der Waals surface area contributed by atoms with Crippen LogP contribution in [0.15, 0.2) is 55.0 Å². The molecule has 8 nitrogen and oxygen atoms in total. The van der Waals surface area contributed by atoms with Gasteiger partial charge in [0.25, 0.3) is 11.8 Å². The highest BCUT2D eigenvalue weighted by molar-refractivity contribution is 6.04. The summed E-state index contributed by atoms with van der Waals surface area (Å²) in [6, 6.07) is 7.58. The predicted octanol–water partition coefficient (Wildman–Crippen LogP) is 4.57. The fourth-order valence-electron chi connectivity index (χ4n) is 3.78. The molecule has 4 aromatic rings. The Hall–Kier alpha value is -4.72. The van der Waals surface area contributed by atoms with E-state index in [0.717, 1.165) is 23.8 Å². The Kier molecular flexibility index (Phi) is 6.93. The number of hydrogen-bond donors (Lipinski definition) is 2. The maximum Gasteiger partial charge on any atom is 0.416 e. The Bertz CT molecular complexity index is 1550. The molecule has 0 saturated carbocycles. The first kappa shape index (κ1) is 25.4. The highest BCUT2D eigenvalue weighted by Gasteiger charge is 2.31. The molecule has 11 heteroatoms. The Balaban J connectivity index is 1.63. The third kappa shape index (κ3) is 5.43. The second-order valence-corrected chi connectivity index (χ2v) is 8.08. The van der Waals surface area contributed by atoms with Gasteiger partial charge >= 0.3 is 6.18 Å². The van der Waals surface area contributed by atoms with Crippen LogP contribution in [0.3, 0.4) is 0 Å². The zero-order valence-electron chi connectivity index (χ0n) is 20.0. The summed E-state index contributed by atoms with van der Waals surface area (Å²) in [6.45, 7) is 5.20. The first-order valence-corrected chi connectivity index (χ1v) is 11.1. The molecule has 0 aliphatic heterocycles. The summed E-state index contributed by atoms with van der Waals surface area (Å²) in [5, 5.41) is 5.17. The quantitative estimate of drug-likeness (QED) is 0.386. The van der Waals surface area contributed by atoms with Gasteiger partial charge in [0.05, 0.1) is 28.5 Å². The van der Waals surface area contributed by atoms with Gasteiger partial charge in [-0.05, 0) is 51.0 Å². The van der Waals surface area contributed by atoms with Crippen molar-refractivity contribution >= 4 is 23.1 Å². The lowest BCUT2D eigenvalue weighted by Crippen LogP contribution is -2.26. The number of benzene rings is 1. The van der Waals surface area contributed by atoms with Crippen molar-refractivity contribution in [2.24, 2.45) is 0 Å². The van der Waals surface area contributed by atoms with Gasteiger partial charge in [0.15, 0.2) is 0 Å². The molecule has 37 heavy (non-hydrogen) atoms. The van der Waals surface area contributed by atoms with Crippen molar-refractivity contribution in [1.82, 2.24) is 24.7 Å². The number of anilines is 1. The van der Waals surface area contributed by atoms with Crippen LogP contribution < -0.4 is 10.6 Å². The predicted molar refractivity (Wildman–Crippen MR) is 130 cm³/mol. The largest absolute Gasteiger partial charge is 0.416 e. The molecule has 3 aromatic heterocycles. The van der Waals surface area contributed by atoms with Gasteiger partial charge in [0, 0.05) is 29.7 Å². The molecule has 4 rings (SSSR count). The lowest BCUT2D eigenvalue weighted by Gasteiger charge is -2.10. The molecular formula is C26H21F3N6O2. The number of aromatic nitrogens is 4. The van der Waals surface area contributed by atoms with Gasteiger partial charge in [0.2, 0.25) is 0 Å². The number of alkyl halides is 3. The number of carbonyl (C=O) groups is 2. The zero-order chi connectivity index (χ0) is 26.7. The summed E-state index contributed by atoms with van der Waals surface area (Å²) in [7, 11) is 0. The van der Waals surface area contributed by atoms with E-state index in [0.29, 0.717) is 22.8 Å². The van der Waals surface area contributed by atoms with Crippen LogP contribution in [0.25, 0.3) is 16.8 Å². The van der Waals surface area contributed by atoms with Crippen molar-refractivity contribution in [1.29, 1.82) is 0 Å². The van der Waals surface area contributed by atoms with Crippen molar-refractivity contribution in [3.63, 3.8) is 0 Å². The molecule has 1 atom stereocenters. The molecule has 0 radical (unpaired) electrons. The van der Waals surface area contributed by atoms with Gasteiger partial charge in [0.1, 0.15) is 11.6 Å². The molecule has 2 N–H and O–H groups in total. The van der Waals surface area contributed by atoms with Crippen LogP contribution in [0.4, 0.5) is 19.0 Å². The summed E-state index contributed by atoms with van der Waals surface area (Å²) in [5.41, 5.74) is 2.02. The summed E-state index contributed by atoms with van der Waals surface area (Å²) in [6.07, 6.45) is -0.191. The first-order chi connectivity index (χ1) is 17.6. The van der Waals surface area contributed by atoms with Gasteiger partial charge in [-0.25, -0.2) is 9.97 Å². The average Bonchev–Trinajstić information content (AvgIpc) is 3.25. The van der Waals surface area contributed by atoms with E-state index >= 15 is 0 Å². The van der Waals surface area contributed by atoms with Crippen molar-refractivity contribution in [2.45, 2.75) is 33.0 Å². The maximum atomic E-state index is 12.9. The van der Waals surface area contributed by atoms with Crippen LogP contribution in [-0.2, 0) is 11.0 Å². The van der Waals surface area contributed by atoms with Crippen LogP contribution in [0.2, 0.25) is 0 Å². The smallest absolute Gasteiger partial charge is 0.336 e. The highest BCUT2D eigenvalue weighted by Crippen LogP contribution is 2.31. The van der Waals surface area contributed by atoms with Gasteiger partial charge in [-0.1, -0.05) is 18.1 Å². The van der Waals surface area contributed by atoms with Crippen LogP contribution in [-0.4, -0.2) is 31.2 Å². The standard InChI is InChI=1S/C26H21F3N6O2/c1-4-5-21(36)32-16(3)24-34-22(23-15(2)30-12-13-35(23)24)17-6-8-18(9-7-17)25(37)33-20-14-19(10-11-31-20)26(27,28)29/h6-14,16H,1-3H3,(H,32,36)(H,31,33,37)/t16-/m0/s1. The fourth-order valence-corrected chi connectivity index (χ4v) is 3.78. The summed E-state index contributed by atoms with van der Waals surface area (Å²) in [5.74, 6) is 4.32. The van der Waals surface area contributed by atoms with E-state index in [-0.39, 0.29) is 11.4 Å².